The zero-order valence-corrected chi connectivity index (χ0v) is 16.5. The van der Waals surface area contributed by atoms with Crippen LogP contribution in [0, 0.1) is 0 Å². The van der Waals surface area contributed by atoms with Crippen molar-refractivity contribution in [1.29, 1.82) is 0 Å². The first-order chi connectivity index (χ1) is 13.7. The van der Waals surface area contributed by atoms with Crippen molar-refractivity contribution in [3.63, 3.8) is 0 Å². The summed E-state index contributed by atoms with van der Waals surface area (Å²) in [5.41, 5.74) is 2.18. The normalized spacial score (nSPS) is 17.4. The van der Waals surface area contributed by atoms with Gasteiger partial charge in [0, 0.05) is 36.8 Å². The number of anilines is 1. The molecule has 0 atom stereocenters. The molecule has 1 aliphatic heterocycles. The molecular weight excluding hydrogens is 356 g/mol. The third kappa shape index (κ3) is 4.24. The minimum atomic E-state index is 0.0430. The number of aromatic amines is 1. The van der Waals surface area contributed by atoms with Gasteiger partial charge in [-0.25, -0.2) is 0 Å². The Hall–Kier alpha value is -2.70. The van der Waals surface area contributed by atoms with E-state index in [9.17, 15) is 4.79 Å². The highest BCUT2D eigenvalue weighted by atomic mass is 16.5. The number of aromatic nitrogens is 2. The molecule has 0 bridgehead atoms. The Morgan fingerprint density at radius 3 is 2.57 bits per heavy atom. The van der Waals surface area contributed by atoms with Crippen molar-refractivity contribution in [2.45, 2.75) is 44.1 Å². The van der Waals surface area contributed by atoms with Crippen molar-refractivity contribution in [2.24, 2.45) is 0 Å². The fraction of sp³-hybridized carbons (Fsp3) is 0.524. The van der Waals surface area contributed by atoms with E-state index in [1.165, 1.54) is 18.5 Å². The molecule has 2 aliphatic rings. The van der Waals surface area contributed by atoms with Crippen molar-refractivity contribution in [3.8, 4) is 11.5 Å². The lowest BCUT2D eigenvalue weighted by Gasteiger charge is -2.32. The Labute approximate surface area is 165 Å². The van der Waals surface area contributed by atoms with Gasteiger partial charge in [-0.1, -0.05) is 6.07 Å². The second-order valence-electron chi connectivity index (χ2n) is 7.65. The number of nitrogens with one attached hydrogen (secondary N) is 2. The van der Waals surface area contributed by atoms with E-state index in [1.54, 1.807) is 14.2 Å². The monoisotopic (exact) mass is 384 g/mol. The van der Waals surface area contributed by atoms with Crippen molar-refractivity contribution in [2.75, 3.05) is 32.2 Å². The maximum absolute atomic E-state index is 12.5. The maximum Gasteiger partial charge on any atom is 0.224 e. The van der Waals surface area contributed by atoms with Crippen LogP contribution in [0.1, 0.15) is 42.9 Å². The molecule has 7 heteroatoms. The summed E-state index contributed by atoms with van der Waals surface area (Å²) in [6.07, 6.45) is 4.75. The number of methoxy groups -OCH3 is 2. The lowest BCUT2D eigenvalue weighted by atomic mass is 10.0. The number of carbonyl (C=O) groups is 1. The summed E-state index contributed by atoms with van der Waals surface area (Å²) >= 11 is 0. The van der Waals surface area contributed by atoms with Gasteiger partial charge in [0.2, 0.25) is 5.91 Å². The molecule has 1 aromatic heterocycles. The number of nitrogens with zero attached hydrogens (tertiary/aromatic N) is 2. The first-order valence-electron chi connectivity index (χ1n) is 9.96. The summed E-state index contributed by atoms with van der Waals surface area (Å²) in [4.78, 5) is 14.8. The molecular formula is C21H28N4O3. The fourth-order valence-electron chi connectivity index (χ4n) is 3.80. The van der Waals surface area contributed by atoms with Gasteiger partial charge in [-0.2, -0.15) is 5.10 Å². The van der Waals surface area contributed by atoms with Crippen LogP contribution in [-0.2, 0) is 11.2 Å². The van der Waals surface area contributed by atoms with Crippen LogP contribution >= 0.6 is 0 Å². The predicted octanol–water partition coefficient (Wildman–Crippen LogP) is 2.63. The van der Waals surface area contributed by atoms with Crippen LogP contribution in [-0.4, -0.2) is 49.5 Å². The molecule has 0 spiro atoms. The van der Waals surface area contributed by atoms with Gasteiger partial charge < -0.3 is 19.7 Å². The average Bonchev–Trinajstić information content (AvgIpc) is 3.45. The van der Waals surface area contributed by atoms with E-state index in [0.29, 0.717) is 23.8 Å². The highest BCUT2D eigenvalue weighted by Gasteiger charge is 2.27. The lowest BCUT2D eigenvalue weighted by molar-refractivity contribution is -0.121. The van der Waals surface area contributed by atoms with E-state index in [4.69, 9.17) is 9.47 Å². The van der Waals surface area contributed by atoms with Gasteiger partial charge in [-0.3, -0.25) is 9.89 Å². The maximum atomic E-state index is 12.5. The van der Waals surface area contributed by atoms with Crippen molar-refractivity contribution < 1.29 is 14.3 Å². The van der Waals surface area contributed by atoms with E-state index in [0.717, 1.165) is 37.3 Å². The van der Waals surface area contributed by atoms with Gasteiger partial charge in [-0.05, 0) is 43.4 Å². The summed E-state index contributed by atoms with van der Waals surface area (Å²) < 4.78 is 10.6. The first kappa shape index (κ1) is 18.7. The van der Waals surface area contributed by atoms with Crippen LogP contribution < -0.4 is 19.7 Å². The molecule has 2 aromatic rings. The SMILES string of the molecule is COc1ccc(CC(=O)NC2CCN(c3cc(C4CC4)[nH]n3)CC2)cc1OC. The number of hydrogen-bond donors (Lipinski definition) is 2. The molecule has 4 rings (SSSR count). The fourth-order valence-corrected chi connectivity index (χ4v) is 3.80. The van der Waals surface area contributed by atoms with Crippen LogP contribution in [0.3, 0.4) is 0 Å². The zero-order chi connectivity index (χ0) is 19.5. The third-order valence-electron chi connectivity index (χ3n) is 5.60. The standard InChI is InChI=1S/C21H28N4O3/c1-27-18-6-3-14(11-19(18)28-2)12-21(26)22-16-7-9-25(10-8-16)20-13-17(23-24-20)15-4-5-15/h3,6,11,13,15-16H,4-5,7-10,12H2,1-2H3,(H,22,26)(H,23,24). The van der Waals surface area contributed by atoms with Gasteiger partial charge in [0.25, 0.3) is 0 Å². The Morgan fingerprint density at radius 1 is 1.14 bits per heavy atom. The van der Waals surface area contributed by atoms with E-state index >= 15 is 0 Å². The summed E-state index contributed by atoms with van der Waals surface area (Å²) in [5, 5.41) is 10.8. The molecule has 0 unspecified atom stereocenters. The van der Waals surface area contributed by atoms with Gasteiger partial charge in [0.05, 0.1) is 20.6 Å². The molecule has 7 nitrogen and oxygen atoms in total. The topological polar surface area (TPSA) is 79.5 Å². The molecule has 1 saturated carbocycles. The summed E-state index contributed by atoms with van der Waals surface area (Å²) in [7, 11) is 3.20. The Morgan fingerprint density at radius 2 is 1.89 bits per heavy atom. The van der Waals surface area contributed by atoms with Crippen LogP contribution in [0.15, 0.2) is 24.3 Å². The Balaban J connectivity index is 1.26. The summed E-state index contributed by atoms with van der Waals surface area (Å²) in [6, 6.07) is 7.99. The molecule has 1 aromatic carbocycles. The number of H-pyrrole nitrogens is 1. The number of ether oxygens (including phenoxy) is 2. The molecule has 28 heavy (non-hydrogen) atoms. The smallest absolute Gasteiger partial charge is 0.224 e. The molecule has 0 radical (unpaired) electrons. The number of amides is 1. The van der Waals surface area contributed by atoms with Crippen LogP contribution in [0.4, 0.5) is 5.82 Å². The van der Waals surface area contributed by atoms with Crippen LogP contribution in [0.5, 0.6) is 11.5 Å². The van der Waals surface area contributed by atoms with E-state index in [-0.39, 0.29) is 11.9 Å². The van der Waals surface area contributed by atoms with Crippen LogP contribution in [0.2, 0.25) is 0 Å². The Bertz CT molecular complexity index is 823. The predicted molar refractivity (Wildman–Crippen MR) is 107 cm³/mol. The van der Waals surface area contributed by atoms with E-state index in [2.05, 4.69) is 26.5 Å². The Kier molecular flexibility index (Phi) is 5.41. The molecule has 1 aliphatic carbocycles. The van der Waals surface area contributed by atoms with Crippen molar-refractivity contribution in [1.82, 2.24) is 15.5 Å². The summed E-state index contributed by atoms with van der Waals surface area (Å²) in [6.45, 7) is 1.83. The minimum Gasteiger partial charge on any atom is -0.493 e. The molecule has 150 valence electrons. The van der Waals surface area contributed by atoms with E-state index < -0.39 is 0 Å². The third-order valence-corrected chi connectivity index (χ3v) is 5.60. The first-order valence-corrected chi connectivity index (χ1v) is 9.96. The van der Waals surface area contributed by atoms with Gasteiger partial charge in [0.1, 0.15) is 0 Å². The lowest BCUT2D eigenvalue weighted by Crippen LogP contribution is -2.45. The van der Waals surface area contributed by atoms with Crippen molar-refractivity contribution in [3.05, 3.63) is 35.5 Å². The van der Waals surface area contributed by atoms with Crippen molar-refractivity contribution >= 4 is 11.7 Å². The highest BCUT2D eigenvalue weighted by molar-refractivity contribution is 5.79. The van der Waals surface area contributed by atoms with Gasteiger partial charge in [0.15, 0.2) is 17.3 Å². The molecule has 1 saturated heterocycles. The number of benzene rings is 1. The number of hydrogen-bond acceptors (Lipinski definition) is 5. The summed E-state index contributed by atoms with van der Waals surface area (Å²) in [5.74, 6) is 3.08. The average molecular weight is 384 g/mol. The number of piperidine rings is 1. The largest absolute Gasteiger partial charge is 0.493 e. The highest BCUT2D eigenvalue weighted by Crippen LogP contribution is 2.40. The van der Waals surface area contributed by atoms with Gasteiger partial charge >= 0.3 is 0 Å². The van der Waals surface area contributed by atoms with Gasteiger partial charge in [-0.15, -0.1) is 0 Å². The van der Waals surface area contributed by atoms with E-state index in [1.807, 2.05) is 18.2 Å². The molecule has 2 fully saturated rings. The van der Waals surface area contributed by atoms with Crippen LogP contribution in [0.25, 0.3) is 0 Å². The second-order valence-corrected chi connectivity index (χ2v) is 7.65. The minimum absolute atomic E-state index is 0.0430. The number of rotatable bonds is 7. The number of carbonyl (C=O) groups excluding carboxylic acids is 1. The zero-order valence-electron chi connectivity index (χ0n) is 16.5. The molecule has 2 heterocycles. The molecule has 2 N–H and O–H groups in total. The second kappa shape index (κ2) is 8.12. The molecule has 1 amide bonds. The quantitative estimate of drug-likeness (QED) is 0.767.